The second-order valence-corrected chi connectivity index (χ2v) is 9.61. The Balaban J connectivity index is 1.33. The van der Waals surface area contributed by atoms with E-state index in [1.54, 1.807) is 34.9 Å². The molecular weight excluding hydrogens is 370 g/mol. The third kappa shape index (κ3) is 2.88. The van der Waals surface area contributed by atoms with Gasteiger partial charge in [0.05, 0.1) is 21.0 Å². The van der Waals surface area contributed by atoms with Crippen LogP contribution in [0.4, 0.5) is 0 Å². The SMILES string of the molecule is O=C1N=C(CSc2nc3ccccc3s2)N=C2SC3=C(CCCC3)C12. The summed E-state index contributed by atoms with van der Waals surface area (Å²) >= 11 is 5.00. The average Bonchev–Trinajstić information content (AvgIpc) is 3.20. The average molecular weight is 386 g/mol. The molecule has 1 unspecified atom stereocenters. The van der Waals surface area contributed by atoms with Crippen LogP contribution in [-0.2, 0) is 4.79 Å². The highest BCUT2D eigenvalue weighted by molar-refractivity contribution is 8.17. The van der Waals surface area contributed by atoms with Gasteiger partial charge in [-0.3, -0.25) is 4.79 Å². The Morgan fingerprint density at radius 3 is 2.96 bits per heavy atom. The lowest BCUT2D eigenvalue weighted by Crippen LogP contribution is -2.26. The van der Waals surface area contributed by atoms with Crippen molar-refractivity contribution >= 4 is 61.9 Å². The number of fused-ring (bicyclic) bond motifs is 3. The summed E-state index contributed by atoms with van der Waals surface area (Å²) in [6, 6.07) is 8.12. The molecule has 4 nitrogen and oxygen atoms in total. The van der Waals surface area contributed by atoms with Crippen LogP contribution in [0, 0.1) is 5.92 Å². The first kappa shape index (κ1) is 15.8. The lowest BCUT2D eigenvalue weighted by atomic mass is 9.89. The Hall–Kier alpha value is -1.44. The normalized spacial score (nSPS) is 22.7. The molecule has 5 rings (SSSR count). The number of amidine groups is 1. The zero-order valence-corrected chi connectivity index (χ0v) is 15.8. The van der Waals surface area contributed by atoms with Gasteiger partial charge < -0.3 is 0 Å². The van der Waals surface area contributed by atoms with Gasteiger partial charge in [-0.25, -0.2) is 9.98 Å². The Kier molecular flexibility index (Phi) is 4.03. The second-order valence-electron chi connectivity index (χ2n) is 6.24. The van der Waals surface area contributed by atoms with Crippen molar-refractivity contribution in [2.75, 3.05) is 5.75 Å². The van der Waals surface area contributed by atoms with Crippen molar-refractivity contribution in [2.24, 2.45) is 15.9 Å². The minimum atomic E-state index is -0.170. The lowest BCUT2D eigenvalue weighted by molar-refractivity contribution is -0.118. The monoisotopic (exact) mass is 385 g/mol. The molecular formula is C18H15N3OS3. The van der Waals surface area contributed by atoms with Crippen LogP contribution in [0.3, 0.4) is 0 Å². The Bertz CT molecular complexity index is 940. The van der Waals surface area contributed by atoms with Crippen molar-refractivity contribution in [1.29, 1.82) is 0 Å². The molecule has 0 saturated carbocycles. The van der Waals surface area contributed by atoms with E-state index in [0.717, 1.165) is 27.7 Å². The molecule has 1 atom stereocenters. The number of hydrogen-bond donors (Lipinski definition) is 0. The number of carbonyl (C=O) groups excluding carboxylic acids is 1. The van der Waals surface area contributed by atoms with Crippen LogP contribution in [0.25, 0.3) is 10.2 Å². The van der Waals surface area contributed by atoms with Crippen LogP contribution < -0.4 is 0 Å². The highest BCUT2D eigenvalue weighted by Gasteiger charge is 2.40. The van der Waals surface area contributed by atoms with Gasteiger partial charge in [-0.15, -0.1) is 11.3 Å². The van der Waals surface area contributed by atoms with E-state index in [1.165, 1.54) is 28.0 Å². The molecule has 0 spiro atoms. The van der Waals surface area contributed by atoms with Crippen molar-refractivity contribution in [3.8, 4) is 0 Å². The first-order valence-electron chi connectivity index (χ1n) is 8.36. The quantitative estimate of drug-likeness (QED) is 0.704. The number of hydrogen-bond acceptors (Lipinski definition) is 6. The Morgan fingerprint density at radius 2 is 2.04 bits per heavy atom. The summed E-state index contributed by atoms with van der Waals surface area (Å²) < 4.78 is 2.18. The zero-order valence-electron chi connectivity index (χ0n) is 13.4. The maximum atomic E-state index is 12.6. The Morgan fingerprint density at radius 1 is 1.16 bits per heavy atom. The number of para-hydroxylation sites is 1. The van der Waals surface area contributed by atoms with Gasteiger partial charge in [0.1, 0.15) is 11.8 Å². The molecule has 2 aliphatic heterocycles. The first-order valence-corrected chi connectivity index (χ1v) is 11.0. The number of thiazole rings is 1. The number of carbonyl (C=O) groups is 1. The first-order chi connectivity index (χ1) is 12.3. The van der Waals surface area contributed by atoms with E-state index in [-0.39, 0.29) is 11.8 Å². The fourth-order valence-electron chi connectivity index (χ4n) is 3.45. The van der Waals surface area contributed by atoms with Crippen molar-refractivity contribution in [2.45, 2.75) is 30.0 Å². The smallest absolute Gasteiger partial charge is 0.261 e. The molecule has 0 fully saturated rings. The lowest BCUT2D eigenvalue weighted by Gasteiger charge is -2.18. The number of aromatic nitrogens is 1. The van der Waals surface area contributed by atoms with Crippen LogP contribution in [0.5, 0.6) is 0 Å². The van der Waals surface area contributed by atoms with Gasteiger partial charge in [-0.1, -0.05) is 35.7 Å². The standard InChI is InChI=1S/C18H15N3OS3/c22-16-15-10-5-1-3-7-12(10)24-17(15)21-14(20-16)9-23-18-19-11-6-2-4-8-13(11)25-18/h2,4,6,8,15H,1,3,5,7,9H2. The third-order valence-corrected chi connectivity index (χ3v) is 8.03. The van der Waals surface area contributed by atoms with E-state index >= 15 is 0 Å². The number of nitrogens with zero attached hydrogens (tertiary/aromatic N) is 3. The third-order valence-electron chi connectivity index (χ3n) is 4.61. The van der Waals surface area contributed by atoms with Crippen LogP contribution in [-0.4, -0.2) is 27.5 Å². The predicted octanol–water partition coefficient (Wildman–Crippen LogP) is 4.92. The number of allylic oxidation sites excluding steroid dienone is 1. The number of amides is 1. The highest BCUT2D eigenvalue weighted by Crippen LogP contribution is 2.47. The van der Waals surface area contributed by atoms with E-state index in [1.807, 2.05) is 18.2 Å². The summed E-state index contributed by atoms with van der Waals surface area (Å²) in [5.74, 6) is 1.03. The fourth-order valence-corrected chi connectivity index (χ4v) is 6.73. The topological polar surface area (TPSA) is 54.7 Å². The summed E-state index contributed by atoms with van der Waals surface area (Å²) in [4.78, 5) is 27.5. The van der Waals surface area contributed by atoms with E-state index < -0.39 is 0 Å². The predicted molar refractivity (Wildman–Crippen MR) is 107 cm³/mol. The van der Waals surface area contributed by atoms with Crippen molar-refractivity contribution < 1.29 is 4.79 Å². The van der Waals surface area contributed by atoms with E-state index in [4.69, 9.17) is 4.99 Å². The number of aliphatic imine (C=N–C) groups is 2. The Labute approximate surface area is 157 Å². The van der Waals surface area contributed by atoms with Crippen LogP contribution >= 0.6 is 34.9 Å². The molecule has 0 bridgehead atoms. The van der Waals surface area contributed by atoms with E-state index in [0.29, 0.717) is 11.6 Å². The molecule has 1 aromatic carbocycles. The maximum Gasteiger partial charge on any atom is 0.261 e. The molecule has 0 radical (unpaired) electrons. The summed E-state index contributed by atoms with van der Waals surface area (Å²) in [5.41, 5.74) is 2.31. The maximum absolute atomic E-state index is 12.6. The molecule has 25 heavy (non-hydrogen) atoms. The van der Waals surface area contributed by atoms with Crippen LogP contribution in [0.1, 0.15) is 25.7 Å². The van der Waals surface area contributed by atoms with Gasteiger partial charge in [0.25, 0.3) is 5.91 Å². The molecule has 3 aliphatic rings. The van der Waals surface area contributed by atoms with Gasteiger partial charge in [0, 0.05) is 0 Å². The number of thioether (sulfide) groups is 2. The molecule has 126 valence electrons. The number of benzene rings is 1. The number of rotatable bonds is 3. The fraction of sp³-hybridized carbons (Fsp3) is 0.333. The largest absolute Gasteiger partial charge is 0.271 e. The van der Waals surface area contributed by atoms with Crippen molar-refractivity contribution in [1.82, 2.24) is 4.98 Å². The van der Waals surface area contributed by atoms with Gasteiger partial charge in [0.2, 0.25) is 0 Å². The van der Waals surface area contributed by atoms with E-state index in [9.17, 15) is 4.79 Å². The minimum Gasteiger partial charge on any atom is -0.271 e. The van der Waals surface area contributed by atoms with Crippen LogP contribution in [0.2, 0.25) is 0 Å². The van der Waals surface area contributed by atoms with E-state index in [2.05, 4.69) is 16.0 Å². The molecule has 1 aromatic heterocycles. The summed E-state index contributed by atoms with van der Waals surface area (Å²) in [7, 11) is 0. The summed E-state index contributed by atoms with van der Waals surface area (Å²) in [5, 5.41) is 0.951. The molecule has 0 saturated heterocycles. The van der Waals surface area contributed by atoms with Crippen LogP contribution in [0.15, 0.2) is 49.1 Å². The van der Waals surface area contributed by atoms with Crippen molar-refractivity contribution in [3.05, 3.63) is 34.7 Å². The molecule has 0 N–H and O–H groups in total. The molecule has 1 aliphatic carbocycles. The van der Waals surface area contributed by atoms with Gasteiger partial charge in [0.15, 0.2) is 4.34 Å². The van der Waals surface area contributed by atoms with Gasteiger partial charge in [-0.2, -0.15) is 4.99 Å². The van der Waals surface area contributed by atoms with Crippen molar-refractivity contribution in [3.63, 3.8) is 0 Å². The zero-order chi connectivity index (χ0) is 16.8. The summed E-state index contributed by atoms with van der Waals surface area (Å²) in [6.07, 6.45) is 4.53. The van der Waals surface area contributed by atoms with Gasteiger partial charge in [-0.05, 0) is 48.3 Å². The van der Waals surface area contributed by atoms with Gasteiger partial charge >= 0.3 is 0 Å². The molecule has 2 aromatic rings. The molecule has 7 heteroatoms. The highest BCUT2D eigenvalue weighted by atomic mass is 32.2. The second kappa shape index (κ2) is 6.37. The molecule has 3 heterocycles. The molecule has 1 amide bonds. The minimum absolute atomic E-state index is 0.0238. The summed E-state index contributed by atoms with van der Waals surface area (Å²) in [6.45, 7) is 0.